The molecule has 0 saturated carbocycles. The van der Waals surface area contributed by atoms with Crippen molar-refractivity contribution in [1.82, 2.24) is 15.5 Å². The summed E-state index contributed by atoms with van der Waals surface area (Å²) in [4.78, 5) is 4.19. The van der Waals surface area contributed by atoms with Gasteiger partial charge < -0.3 is 9.84 Å². The van der Waals surface area contributed by atoms with Crippen LogP contribution in [-0.2, 0) is 6.42 Å². The zero-order valence-electron chi connectivity index (χ0n) is 10.9. The first-order chi connectivity index (χ1) is 9.70. The fraction of sp³-hybridized carbons (Fsp3) is 0.429. The molecule has 0 bridgehead atoms. The molecule has 1 fully saturated rings. The highest BCUT2D eigenvalue weighted by Gasteiger charge is 2.16. The van der Waals surface area contributed by atoms with E-state index in [0.717, 1.165) is 32.0 Å². The van der Waals surface area contributed by atoms with Crippen LogP contribution in [0.15, 0.2) is 22.7 Å². The number of hydrogen-bond acceptors (Lipinski definition) is 4. The van der Waals surface area contributed by atoms with Crippen LogP contribution >= 0.6 is 0 Å². The molecule has 1 atom stereocenters. The molecule has 0 amide bonds. The molecular formula is C14H15F2N3O. The van der Waals surface area contributed by atoms with Crippen LogP contribution in [0.3, 0.4) is 0 Å². The number of benzene rings is 1. The molecule has 6 heteroatoms. The highest BCUT2D eigenvalue weighted by molar-refractivity contribution is 5.54. The number of aromatic nitrogens is 2. The third-order valence-corrected chi connectivity index (χ3v) is 3.52. The minimum absolute atomic E-state index is 0.225. The fourth-order valence-corrected chi connectivity index (χ4v) is 2.45. The van der Waals surface area contributed by atoms with Crippen molar-refractivity contribution in [3.63, 3.8) is 0 Å². The van der Waals surface area contributed by atoms with Crippen molar-refractivity contribution in [3.8, 4) is 11.4 Å². The van der Waals surface area contributed by atoms with Gasteiger partial charge in [-0.25, -0.2) is 8.78 Å². The Balaban J connectivity index is 1.69. The molecular weight excluding hydrogens is 264 g/mol. The molecule has 20 heavy (non-hydrogen) atoms. The van der Waals surface area contributed by atoms with E-state index in [1.807, 2.05) is 0 Å². The maximum Gasteiger partial charge on any atom is 0.226 e. The average Bonchev–Trinajstić information content (AvgIpc) is 3.07. The molecule has 0 aliphatic carbocycles. The Morgan fingerprint density at radius 1 is 1.25 bits per heavy atom. The number of nitrogens with one attached hydrogen (secondary N) is 1. The van der Waals surface area contributed by atoms with Gasteiger partial charge in [0, 0.05) is 18.1 Å². The first kappa shape index (κ1) is 13.2. The molecule has 2 heterocycles. The molecule has 1 aliphatic rings. The molecule has 106 valence electrons. The summed E-state index contributed by atoms with van der Waals surface area (Å²) in [5.74, 6) is 0.0724. The fourth-order valence-electron chi connectivity index (χ4n) is 2.45. The summed E-state index contributed by atoms with van der Waals surface area (Å²) in [5.41, 5.74) is 0.292. The first-order valence-corrected chi connectivity index (χ1v) is 6.70. The molecule has 1 aliphatic heterocycles. The molecule has 1 unspecified atom stereocenters. The quantitative estimate of drug-likeness (QED) is 0.934. The second kappa shape index (κ2) is 5.66. The Bertz CT molecular complexity index is 574. The highest BCUT2D eigenvalue weighted by Crippen LogP contribution is 2.20. The predicted molar refractivity (Wildman–Crippen MR) is 68.9 cm³/mol. The number of rotatable bonds is 4. The molecule has 1 saturated heterocycles. The van der Waals surface area contributed by atoms with Gasteiger partial charge in [-0.2, -0.15) is 4.98 Å². The monoisotopic (exact) mass is 279 g/mol. The van der Waals surface area contributed by atoms with Gasteiger partial charge in [0.15, 0.2) is 0 Å². The van der Waals surface area contributed by atoms with E-state index >= 15 is 0 Å². The average molecular weight is 279 g/mol. The lowest BCUT2D eigenvalue weighted by atomic mass is 10.0. The lowest BCUT2D eigenvalue weighted by Gasteiger charge is -2.03. The minimum atomic E-state index is -0.650. The van der Waals surface area contributed by atoms with Crippen LogP contribution < -0.4 is 5.32 Å². The van der Waals surface area contributed by atoms with Crippen LogP contribution in [-0.4, -0.2) is 23.2 Å². The molecule has 4 nitrogen and oxygen atoms in total. The van der Waals surface area contributed by atoms with Crippen molar-refractivity contribution in [3.05, 3.63) is 35.7 Å². The molecule has 0 radical (unpaired) electrons. The van der Waals surface area contributed by atoms with E-state index in [9.17, 15) is 8.78 Å². The van der Waals surface area contributed by atoms with Gasteiger partial charge >= 0.3 is 0 Å². The summed E-state index contributed by atoms with van der Waals surface area (Å²) >= 11 is 0. The van der Waals surface area contributed by atoms with Gasteiger partial charge in [-0.1, -0.05) is 5.16 Å². The smallest absolute Gasteiger partial charge is 0.226 e. The number of halogens is 2. The Kier molecular flexibility index (Phi) is 3.73. The Morgan fingerprint density at radius 2 is 2.05 bits per heavy atom. The molecule has 2 aromatic rings. The number of hydrogen-bond donors (Lipinski definition) is 1. The molecule has 0 spiro atoms. The minimum Gasteiger partial charge on any atom is -0.339 e. The van der Waals surface area contributed by atoms with Crippen LogP contribution in [0.5, 0.6) is 0 Å². The van der Waals surface area contributed by atoms with E-state index < -0.39 is 11.6 Å². The Morgan fingerprint density at radius 3 is 2.75 bits per heavy atom. The standard InChI is InChI=1S/C14H15F2N3O/c15-11-5-10(6-12(16)7-11)14-18-13(20-19-14)2-1-9-3-4-17-8-9/h5-7,9,17H,1-4,8H2. The third-order valence-electron chi connectivity index (χ3n) is 3.52. The Labute approximate surface area is 115 Å². The van der Waals surface area contributed by atoms with E-state index in [-0.39, 0.29) is 5.82 Å². The van der Waals surface area contributed by atoms with E-state index in [1.54, 1.807) is 0 Å². The van der Waals surface area contributed by atoms with Crippen LogP contribution in [0.25, 0.3) is 11.4 Å². The summed E-state index contributed by atoms with van der Waals surface area (Å²) < 4.78 is 31.4. The Hall–Kier alpha value is -1.82. The van der Waals surface area contributed by atoms with Gasteiger partial charge in [0.2, 0.25) is 11.7 Å². The summed E-state index contributed by atoms with van der Waals surface area (Å²) in [6.45, 7) is 2.08. The van der Waals surface area contributed by atoms with E-state index in [1.165, 1.54) is 12.1 Å². The maximum absolute atomic E-state index is 13.1. The molecule has 1 aromatic carbocycles. The summed E-state index contributed by atoms with van der Waals surface area (Å²) in [6, 6.07) is 3.20. The van der Waals surface area contributed by atoms with Crippen LogP contribution in [0, 0.1) is 17.6 Å². The van der Waals surface area contributed by atoms with Crippen molar-refractivity contribution >= 4 is 0 Å². The normalized spacial score (nSPS) is 18.6. The second-order valence-corrected chi connectivity index (χ2v) is 5.07. The van der Waals surface area contributed by atoms with Gasteiger partial charge in [0.25, 0.3) is 0 Å². The topological polar surface area (TPSA) is 51.0 Å². The van der Waals surface area contributed by atoms with Crippen LogP contribution in [0.1, 0.15) is 18.7 Å². The SMILES string of the molecule is Fc1cc(F)cc(-c2noc(CCC3CCNC3)n2)c1. The van der Waals surface area contributed by atoms with E-state index in [4.69, 9.17) is 4.52 Å². The van der Waals surface area contributed by atoms with Crippen LogP contribution in [0.2, 0.25) is 0 Å². The molecule has 3 rings (SSSR count). The zero-order chi connectivity index (χ0) is 13.9. The molecule has 1 N–H and O–H groups in total. The largest absolute Gasteiger partial charge is 0.339 e. The predicted octanol–water partition coefficient (Wildman–Crippen LogP) is 2.56. The number of nitrogens with zero attached hydrogens (tertiary/aromatic N) is 2. The summed E-state index contributed by atoms with van der Waals surface area (Å²) in [6.07, 6.45) is 2.83. The van der Waals surface area contributed by atoms with Crippen molar-refractivity contribution < 1.29 is 13.3 Å². The van der Waals surface area contributed by atoms with Gasteiger partial charge in [0.05, 0.1) is 0 Å². The maximum atomic E-state index is 13.1. The van der Waals surface area contributed by atoms with Crippen LogP contribution in [0.4, 0.5) is 8.78 Å². The van der Waals surface area contributed by atoms with Crippen molar-refractivity contribution in [2.24, 2.45) is 5.92 Å². The second-order valence-electron chi connectivity index (χ2n) is 5.07. The highest BCUT2D eigenvalue weighted by atomic mass is 19.1. The van der Waals surface area contributed by atoms with Gasteiger partial charge in [-0.05, 0) is 44.0 Å². The van der Waals surface area contributed by atoms with Crippen molar-refractivity contribution in [1.29, 1.82) is 0 Å². The van der Waals surface area contributed by atoms with Crippen molar-refractivity contribution in [2.75, 3.05) is 13.1 Å². The van der Waals surface area contributed by atoms with E-state index in [0.29, 0.717) is 23.8 Å². The van der Waals surface area contributed by atoms with Crippen molar-refractivity contribution in [2.45, 2.75) is 19.3 Å². The van der Waals surface area contributed by atoms with E-state index in [2.05, 4.69) is 15.5 Å². The first-order valence-electron chi connectivity index (χ1n) is 6.70. The lowest BCUT2D eigenvalue weighted by molar-refractivity contribution is 0.365. The number of aryl methyl sites for hydroxylation is 1. The lowest BCUT2D eigenvalue weighted by Crippen LogP contribution is -2.09. The third kappa shape index (κ3) is 3.01. The summed E-state index contributed by atoms with van der Waals surface area (Å²) in [5, 5.41) is 7.08. The zero-order valence-corrected chi connectivity index (χ0v) is 10.9. The van der Waals surface area contributed by atoms with Gasteiger partial charge in [0.1, 0.15) is 11.6 Å². The summed E-state index contributed by atoms with van der Waals surface area (Å²) in [7, 11) is 0. The van der Waals surface area contributed by atoms with Gasteiger partial charge in [-0.15, -0.1) is 0 Å². The molecule has 1 aromatic heterocycles. The van der Waals surface area contributed by atoms with Gasteiger partial charge in [-0.3, -0.25) is 0 Å².